The summed E-state index contributed by atoms with van der Waals surface area (Å²) in [5.74, 6) is 0.679. The van der Waals surface area contributed by atoms with Crippen LogP contribution in [0.3, 0.4) is 0 Å². The predicted octanol–water partition coefficient (Wildman–Crippen LogP) is 1.44. The summed E-state index contributed by atoms with van der Waals surface area (Å²) in [6.45, 7) is 1.06. The summed E-state index contributed by atoms with van der Waals surface area (Å²) < 4.78 is 5.14. The van der Waals surface area contributed by atoms with E-state index in [0.717, 1.165) is 35.4 Å². The number of rotatable bonds is 5. The Labute approximate surface area is 151 Å². The molecule has 2 heterocycles. The van der Waals surface area contributed by atoms with E-state index in [4.69, 9.17) is 4.74 Å². The van der Waals surface area contributed by atoms with Crippen molar-refractivity contribution in [3.63, 3.8) is 0 Å². The second-order valence-corrected chi connectivity index (χ2v) is 6.87. The number of aromatic nitrogens is 2. The number of amides is 2. The van der Waals surface area contributed by atoms with Gasteiger partial charge in [0.1, 0.15) is 5.75 Å². The van der Waals surface area contributed by atoms with Gasteiger partial charge >= 0.3 is 0 Å². The molecule has 2 N–H and O–H groups in total. The van der Waals surface area contributed by atoms with Crippen molar-refractivity contribution < 1.29 is 14.3 Å². The van der Waals surface area contributed by atoms with E-state index in [2.05, 4.69) is 15.5 Å². The smallest absolute Gasteiger partial charge is 0.272 e. The molecule has 0 radical (unpaired) electrons. The van der Waals surface area contributed by atoms with Crippen molar-refractivity contribution in [2.45, 2.75) is 38.3 Å². The maximum atomic E-state index is 12.7. The van der Waals surface area contributed by atoms with Crippen LogP contribution in [0.25, 0.3) is 0 Å². The highest BCUT2D eigenvalue weighted by Crippen LogP contribution is 2.24. The number of carbonyl (C=O) groups excluding carboxylic acids is 2. The van der Waals surface area contributed by atoms with Crippen molar-refractivity contribution in [2.24, 2.45) is 0 Å². The lowest BCUT2D eigenvalue weighted by molar-refractivity contribution is -0.131. The first-order valence-electron chi connectivity index (χ1n) is 8.91. The van der Waals surface area contributed by atoms with E-state index in [9.17, 15) is 9.59 Å². The summed E-state index contributed by atoms with van der Waals surface area (Å²) in [5.41, 5.74) is 3.17. The number of hydrogen-bond donors (Lipinski definition) is 2. The molecule has 0 bridgehead atoms. The number of benzene rings is 1. The topological polar surface area (TPSA) is 87.3 Å². The molecule has 1 aromatic carbocycles. The molecular weight excluding hydrogens is 332 g/mol. The van der Waals surface area contributed by atoms with Crippen molar-refractivity contribution in [3.05, 3.63) is 46.8 Å². The molecule has 1 aliphatic carbocycles. The van der Waals surface area contributed by atoms with Gasteiger partial charge in [-0.1, -0.05) is 12.1 Å². The second kappa shape index (κ2) is 6.82. The maximum absolute atomic E-state index is 12.7. The average Bonchev–Trinajstić information content (AvgIpc) is 3.37. The summed E-state index contributed by atoms with van der Waals surface area (Å²) >= 11 is 0. The van der Waals surface area contributed by atoms with Crippen molar-refractivity contribution in [1.82, 2.24) is 20.4 Å². The molecule has 26 heavy (non-hydrogen) atoms. The summed E-state index contributed by atoms with van der Waals surface area (Å²) in [4.78, 5) is 26.8. The maximum Gasteiger partial charge on any atom is 0.272 e. The van der Waals surface area contributed by atoms with Crippen molar-refractivity contribution in [1.29, 1.82) is 0 Å². The Morgan fingerprint density at radius 3 is 2.77 bits per heavy atom. The summed E-state index contributed by atoms with van der Waals surface area (Å²) in [5, 5.41) is 10.1. The van der Waals surface area contributed by atoms with Gasteiger partial charge in [0.2, 0.25) is 5.91 Å². The normalized spacial score (nSPS) is 16.1. The minimum absolute atomic E-state index is 0.0515. The van der Waals surface area contributed by atoms with Gasteiger partial charge in [-0.3, -0.25) is 14.7 Å². The average molecular weight is 354 g/mol. The van der Waals surface area contributed by atoms with E-state index >= 15 is 0 Å². The van der Waals surface area contributed by atoms with E-state index in [1.165, 1.54) is 0 Å². The molecule has 0 spiro atoms. The van der Waals surface area contributed by atoms with Crippen LogP contribution >= 0.6 is 0 Å². The van der Waals surface area contributed by atoms with E-state index in [1.54, 1.807) is 12.0 Å². The molecule has 1 aliphatic heterocycles. The minimum Gasteiger partial charge on any atom is -0.497 e. The van der Waals surface area contributed by atoms with Gasteiger partial charge in [0.25, 0.3) is 5.91 Å². The zero-order chi connectivity index (χ0) is 18.1. The molecule has 0 unspecified atom stereocenters. The van der Waals surface area contributed by atoms with Gasteiger partial charge in [-0.25, -0.2) is 0 Å². The van der Waals surface area contributed by atoms with Crippen molar-refractivity contribution in [3.8, 4) is 5.75 Å². The van der Waals surface area contributed by atoms with Crippen LogP contribution in [0.2, 0.25) is 0 Å². The minimum atomic E-state index is -0.144. The molecule has 4 rings (SSSR count). The van der Waals surface area contributed by atoms with Crippen LogP contribution in [0.1, 0.15) is 40.2 Å². The Hall–Kier alpha value is -2.83. The Balaban J connectivity index is 1.44. The summed E-state index contributed by atoms with van der Waals surface area (Å²) in [6.07, 6.45) is 3.09. The van der Waals surface area contributed by atoms with Gasteiger partial charge < -0.3 is 15.0 Å². The van der Waals surface area contributed by atoms with E-state index in [1.807, 2.05) is 24.3 Å². The molecule has 7 heteroatoms. The Kier molecular flexibility index (Phi) is 4.36. The van der Waals surface area contributed by atoms with Gasteiger partial charge in [0, 0.05) is 36.8 Å². The number of hydrogen-bond acceptors (Lipinski definition) is 4. The highest BCUT2D eigenvalue weighted by Gasteiger charge is 2.30. The molecule has 1 aromatic heterocycles. The molecular formula is C19H22N4O3. The fraction of sp³-hybridized carbons (Fsp3) is 0.421. The Morgan fingerprint density at radius 1 is 1.31 bits per heavy atom. The lowest BCUT2D eigenvalue weighted by atomic mass is 10.0. The van der Waals surface area contributed by atoms with E-state index in [-0.39, 0.29) is 17.9 Å². The van der Waals surface area contributed by atoms with Gasteiger partial charge in [0.05, 0.1) is 13.5 Å². The Bertz CT molecular complexity index is 824. The van der Waals surface area contributed by atoms with Crippen LogP contribution in [0, 0.1) is 0 Å². The van der Waals surface area contributed by atoms with Crippen LogP contribution in [0.15, 0.2) is 24.3 Å². The third kappa shape index (κ3) is 3.42. The molecule has 2 aliphatic rings. The highest BCUT2D eigenvalue weighted by molar-refractivity contribution is 5.94. The third-order valence-electron chi connectivity index (χ3n) is 4.93. The lowest BCUT2D eigenvalue weighted by Crippen LogP contribution is -2.37. The number of carbonyl (C=O) groups is 2. The number of aromatic amines is 1. The second-order valence-electron chi connectivity index (χ2n) is 6.87. The first kappa shape index (κ1) is 16.6. The predicted molar refractivity (Wildman–Crippen MR) is 94.9 cm³/mol. The number of ether oxygens (including phenoxy) is 1. The molecule has 7 nitrogen and oxygen atoms in total. The van der Waals surface area contributed by atoms with Gasteiger partial charge in [-0.05, 0) is 30.5 Å². The molecule has 2 amide bonds. The fourth-order valence-electron chi connectivity index (χ4n) is 3.21. The standard InChI is InChI=1S/C19H22N4O3/c1-26-14-6-2-12(3-7-14)10-17(24)23-9-8-16-15(11-23)18(22-21-16)19(25)20-13-4-5-13/h2-3,6-7,13H,4-5,8-11H2,1H3,(H,20,25)(H,21,22). The third-order valence-corrected chi connectivity index (χ3v) is 4.93. The monoisotopic (exact) mass is 354 g/mol. The zero-order valence-electron chi connectivity index (χ0n) is 14.7. The molecule has 136 valence electrons. The molecule has 1 saturated carbocycles. The summed E-state index contributed by atoms with van der Waals surface area (Å²) in [7, 11) is 1.62. The van der Waals surface area contributed by atoms with Crippen LogP contribution in [-0.4, -0.2) is 46.6 Å². The van der Waals surface area contributed by atoms with Crippen LogP contribution in [-0.2, 0) is 24.2 Å². The first-order chi connectivity index (χ1) is 12.6. The molecule has 2 aromatic rings. The molecule has 1 fully saturated rings. The van der Waals surface area contributed by atoms with Crippen LogP contribution in [0.5, 0.6) is 5.75 Å². The lowest BCUT2D eigenvalue weighted by Gasteiger charge is -2.27. The molecule has 0 saturated heterocycles. The fourth-order valence-corrected chi connectivity index (χ4v) is 3.21. The number of nitrogens with zero attached hydrogens (tertiary/aromatic N) is 2. The number of nitrogens with one attached hydrogen (secondary N) is 2. The zero-order valence-corrected chi connectivity index (χ0v) is 14.7. The van der Waals surface area contributed by atoms with Crippen molar-refractivity contribution >= 4 is 11.8 Å². The number of H-pyrrole nitrogens is 1. The van der Waals surface area contributed by atoms with Gasteiger partial charge in [-0.2, -0.15) is 5.10 Å². The van der Waals surface area contributed by atoms with Crippen LogP contribution in [0.4, 0.5) is 0 Å². The quantitative estimate of drug-likeness (QED) is 0.850. The number of fused-ring (bicyclic) bond motifs is 1. The highest BCUT2D eigenvalue weighted by atomic mass is 16.5. The van der Waals surface area contributed by atoms with E-state index < -0.39 is 0 Å². The largest absolute Gasteiger partial charge is 0.497 e. The van der Waals surface area contributed by atoms with Crippen LogP contribution < -0.4 is 10.1 Å². The van der Waals surface area contributed by atoms with Crippen molar-refractivity contribution in [2.75, 3.05) is 13.7 Å². The van der Waals surface area contributed by atoms with E-state index in [0.29, 0.717) is 31.6 Å². The Morgan fingerprint density at radius 2 is 2.08 bits per heavy atom. The first-order valence-corrected chi connectivity index (χ1v) is 8.91. The molecule has 0 atom stereocenters. The van der Waals surface area contributed by atoms with Gasteiger partial charge in [0.15, 0.2) is 5.69 Å². The summed E-state index contributed by atoms with van der Waals surface area (Å²) in [6, 6.07) is 7.80. The van der Waals surface area contributed by atoms with Gasteiger partial charge in [-0.15, -0.1) is 0 Å². The SMILES string of the molecule is COc1ccc(CC(=O)N2CCc3[nH]nc(C(=O)NC4CC4)c3C2)cc1. The number of methoxy groups -OCH3 is 1.